The highest BCUT2D eigenvalue weighted by molar-refractivity contribution is 5.97. The van der Waals surface area contributed by atoms with Crippen LogP contribution in [-0.2, 0) is 4.79 Å². The predicted molar refractivity (Wildman–Crippen MR) is 113 cm³/mol. The van der Waals surface area contributed by atoms with Gasteiger partial charge in [0.05, 0.1) is 17.4 Å². The van der Waals surface area contributed by atoms with Crippen molar-refractivity contribution in [3.8, 4) is 0 Å². The number of hydrogen-bond donors (Lipinski definition) is 2. The second-order valence-corrected chi connectivity index (χ2v) is 7.23. The molecule has 0 saturated carbocycles. The lowest BCUT2D eigenvalue weighted by Crippen LogP contribution is -2.57. The maximum Gasteiger partial charge on any atom is 0.253 e. The fourth-order valence-electron chi connectivity index (χ4n) is 4.31. The van der Waals surface area contributed by atoms with Crippen LogP contribution in [0, 0.1) is 5.92 Å². The maximum atomic E-state index is 13.0. The number of carbonyl (C=O) groups is 2. The third-order valence-electron chi connectivity index (χ3n) is 5.70. The Labute approximate surface area is 177 Å². The molecule has 9 heteroatoms. The van der Waals surface area contributed by atoms with E-state index in [1.165, 1.54) is 0 Å². The number of hydrogen-bond acceptors (Lipinski definition) is 4. The number of imidazole rings is 1. The molecule has 2 aromatic rings. The number of piperidine rings is 2. The molecule has 0 unspecified atom stereocenters. The van der Waals surface area contributed by atoms with Gasteiger partial charge in [-0.15, -0.1) is 24.8 Å². The first kappa shape index (κ1) is 22.5. The summed E-state index contributed by atoms with van der Waals surface area (Å²) >= 11 is 0. The van der Waals surface area contributed by atoms with Crippen molar-refractivity contribution in [3.05, 3.63) is 30.1 Å². The molecule has 2 N–H and O–H groups in total. The van der Waals surface area contributed by atoms with Crippen molar-refractivity contribution in [2.75, 3.05) is 33.2 Å². The van der Waals surface area contributed by atoms with Crippen molar-refractivity contribution in [3.63, 3.8) is 0 Å². The average molecular weight is 428 g/mol. The molecule has 2 saturated heterocycles. The van der Waals surface area contributed by atoms with Gasteiger partial charge in [0.15, 0.2) is 0 Å². The van der Waals surface area contributed by atoms with Crippen molar-refractivity contribution >= 4 is 47.7 Å². The molecule has 2 fully saturated rings. The number of fused-ring (bicyclic) bond motifs is 2. The van der Waals surface area contributed by atoms with Crippen molar-refractivity contribution in [2.24, 2.45) is 5.92 Å². The zero-order chi connectivity index (χ0) is 18.1. The maximum absolute atomic E-state index is 13.0. The Kier molecular flexibility index (Phi) is 7.69. The SMILES string of the molecule is CNCCN1C(=O)CC[C@H]2CN(C(=O)c3ccc4nc[nH]c4c3)CC[C@H]21.Cl.Cl. The lowest BCUT2D eigenvalue weighted by atomic mass is 9.83. The van der Waals surface area contributed by atoms with E-state index in [4.69, 9.17) is 0 Å². The van der Waals surface area contributed by atoms with Crippen molar-refractivity contribution in [2.45, 2.75) is 25.3 Å². The molecule has 0 bridgehead atoms. The minimum Gasteiger partial charge on any atom is -0.345 e. The van der Waals surface area contributed by atoms with E-state index in [2.05, 4.69) is 15.3 Å². The first-order valence-corrected chi connectivity index (χ1v) is 9.34. The summed E-state index contributed by atoms with van der Waals surface area (Å²) < 4.78 is 0. The Morgan fingerprint density at radius 3 is 2.93 bits per heavy atom. The topological polar surface area (TPSA) is 81.3 Å². The van der Waals surface area contributed by atoms with Crippen LogP contribution >= 0.6 is 24.8 Å². The number of amides is 2. The minimum atomic E-state index is 0. The number of aromatic nitrogens is 2. The molecule has 2 atom stereocenters. The molecule has 2 amide bonds. The van der Waals surface area contributed by atoms with Gasteiger partial charge in [0.25, 0.3) is 5.91 Å². The lowest BCUT2D eigenvalue weighted by molar-refractivity contribution is -0.140. The number of nitrogens with one attached hydrogen (secondary N) is 2. The quantitative estimate of drug-likeness (QED) is 0.782. The van der Waals surface area contributed by atoms with E-state index >= 15 is 0 Å². The van der Waals surface area contributed by atoms with Gasteiger partial charge in [-0.05, 0) is 44.0 Å². The van der Waals surface area contributed by atoms with Gasteiger partial charge >= 0.3 is 0 Å². The monoisotopic (exact) mass is 427 g/mol. The second kappa shape index (κ2) is 9.58. The third-order valence-corrected chi connectivity index (χ3v) is 5.70. The number of halogens is 2. The molecule has 7 nitrogen and oxygen atoms in total. The van der Waals surface area contributed by atoms with Crippen LogP contribution in [0.3, 0.4) is 0 Å². The van der Waals surface area contributed by atoms with E-state index in [0.717, 1.165) is 43.5 Å². The van der Waals surface area contributed by atoms with Crippen molar-refractivity contribution in [1.82, 2.24) is 25.1 Å². The van der Waals surface area contributed by atoms with Crippen molar-refractivity contribution < 1.29 is 9.59 Å². The van der Waals surface area contributed by atoms with Crippen LogP contribution < -0.4 is 5.32 Å². The number of H-pyrrole nitrogens is 1. The molecule has 2 aliphatic heterocycles. The van der Waals surface area contributed by atoms with Gasteiger partial charge in [0.1, 0.15) is 0 Å². The molecule has 3 heterocycles. The van der Waals surface area contributed by atoms with Gasteiger partial charge in [-0.1, -0.05) is 0 Å². The van der Waals surface area contributed by atoms with E-state index in [9.17, 15) is 9.59 Å². The predicted octanol–water partition coefficient (Wildman–Crippen LogP) is 2.08. The Bertz CT molecular complexity index is 828. The summed E-state index contributed by atoms with van der Waals surface area (Å²) in [6, 6.07) is 5.87. The van der Waals surface area contributed by atoms with Crippen LogP contribution in [-0.4, -0.2) is 70.9 Å². The lowest BCUT2D eigenvalue weighted by Gasteiger charge is -2.47. The number of aromatic amines is 1. The molecule has 1 aromatic carbocycles. The summed E-state index contributed by atoms with van der Waals surface area (Å²) in [6.07, 6.45) is 3.97. The Balaban J connectivity index is 0.00000140. The largest absolute Gasteiger partial charge is 0.345 e. The molecule has 2 aliphatic rings. The van der Waals surface area contributed by atoms with Gasteiger partial charge in [-0.25, -0.2) is 4.98 Å². The van der Waals surface area contributed by atoms with E-state index in [1.54, 1.807) is 6.33 Å². The molecule has 0 spiro atoms. The van der Waals surface area contributed by atoms with Crippen LogP contribution in [0.4, 0.5) is 0 Å². The highest BCUT2D eigenvalue weighted by Crippen LogP contribution is 2.31. The smallest absolute Gasteiger partial charge is 0.253 e. The number of likely N-dealkylation sites (N-methyl/N-ethyl adjacent to an activating group) is 1. The fourth-order valence-corrected chi connectivity index (χ4v) is 4.31. The number of likely N-dealkylation sites (tertiary alicyclic amines) is 2. The highest BCUT2D eigenvalue weighted by Gasteiger charge is 2.40. The van der Waals surface area contributed by atoms with E-state index < -0.39 is 0 Å². The number of benzene rings is 1. The van der Waals surface area contributed by atoms with Crippen LogP contribution in [0.25, 0.3) is 11.0 Å². The number of nitrogens with zero attached hydrogens (tertiary/aromatic N) is 3. The summed E-state index contributed by atoms with van der Waals surface area (Å²) in [4.78, 5) is 36.5. The van der Waals surface area contributed by atoms with Crippen LogP contribution in [0.15, 0.2) is 24.5 Å². The van der Waals surface area contributed by atoms with Gasteiger partial charge in [-0.2, -0.15) is 0 Å². The summed E-state index contributed by atoms with van der Waals surface area (Å²) in [7, 11) is 1.91. The van der Waals surface area contributed by atoms with E-state index in [0.29, 0.717) is 24.4 Å². The Morgan fingerprint density at radius 1 is 1.32 bits per heavy atom. The van der Waals surface area contributed by atoms with Gasteiger partial charge in [0, 0.05) is 44.2 Å². The first-order chi connectivity index (χ1) is 12.7. The Hall–Kier alpha value is -1.83. The molecule has 28 heavy (non-hydrogen) atoms. The minimum absolute atomic E-state index is 0. The highest BCUT2D eigenvalue weighted by atomic mass is 35.5. The molecule has 0 aliphatic carbocycles. The molecule has 154 valence electrons. The van der Waals surface area contributed by atoms with Gasteiger partial charge < -0.3 is 20.1 Å². The van der Waals surface area contributed by atoms with E-state index in [1.807, 2.05) is 35.0 Å². The molecule has 0 radical (unpaired) electrons. The van der Waals surface area contributed by atoms with Gasteiger partial charge in [-0.3, -0.25) is 9.59 Å². The summed E-state index contributed by atoms with van der Waals surface area (Å²) in [6.45, 7) is 2.99. The zero-order valence-electron chi connectivity index (χ0n) is 15.9. The molecular formula is C19H27Cl2N5O2. The molecule has 1 aromatic heterocycles. The standard InChI is InChI=1S/C19H25N5O2.2ClH/c1-20-7-9-24-17-6-8-23(11-14(17)3-5-18(24)25)19(26)13-2-4-15-16(10-13)22-12-21-15;;/h2,4,10,12,14,17,20H,3,5-9,11H2,1H3,(H,21,22);2*1H/t14-,17+;;/m0../s1. The second-order valence-electron chi connectivity index (χ2n) is 7.23. The third kappa shape index (κ3) is 4.26. The van der Waals surface area contributed by atoms with Crippen LogP contribution in [0.5, 0.6) is 0 Å². The summed E-state index contributed by atoms with van der Waals surface area (Å²) in [5.74, 6) is 0.697. The number of carbonyl (C=O) groups excluding carboxylic acids is 2. The molecule has 4 rings (SSSR count). The van der Waals surface area contributed by atoms with Crippen molar-refractivity contribution in [1.29, 1.82) is 0 Å². The molecular weight excluding hydrogens is 401 g/mol. The zero-order valence-corrected chi connectivity index (χ0v) is 17.5. The number of rotatable bonds is 4. The normalized spacial score (nSPS) is 21.7. The van der Waals surface area contributed by atoms with Crippen LogP contribution in [0.1, 0.15) is 29.6 Å². The first-order valence-electron chi connectivity index (χ1n) is 9.34. The summed E-state index contributed by atoms with van der Waals surface area (Å²) in [5, 5.41) is 3.13. The summed E-state index contributed by atoms with van der Waals surface area (Å²) in [5.41, 5.74) is 2.44. The van der Waals surface area contributed by atoms with Crippen LogP contribution in [0.2, 0.25) is 0 Å². The fraction of sp³-hybridized carbons (Fsp3) is 0.526. The van der Waals surface area contributed by atoms with E-state index in [-0.39, 0.29) is 42.7 Å². The van der Waals surface area contributed by atoms with Gasteiger partial charge in [0.2, 0.25) is 5.91 Å². The average Bonchev–Trinajstić information content (AvgIpc) is 3.14. The Morgan fingerprint density at radius 2 is 2.14 bits per heavy atom.